The molecule has 6 nitrogen and oxygen atoms in total. The first-order chi connectivity index (χ1) is 10.4. The van der Waals surface area contributed by atoms with Crippen LogP contribution in [0.15, 0.2) is 24.3 Å². The number of hydrogen-bond acceptors (Lipinski definition) is 4. The van der Waals surface area contributed by atoms with Crippen LogP contribution in [0.1, 0.15) is 6.92 Å². The predicted octanol–water partition coefficient (Wildman–Crippen LogP) is 1.36. The van der Waals surface area contributed by atoms with Crippen molar-refractivity contribution in [2.75, 3.05) is 44.4 Å². The molecule has 1 N–H and O–H groups in total. The van der Waals surface area contributed by atoms with Gasteiger partial charge >= 0.3 is 0 Å². The van der Waals surface area contributed by atoms with Crippen molar-refractivity contribution >= 4 is 33.0 Å². The number of thiocarbonyl (C=S) groups is 1. The average molecular weight is 343 g/mol. The van der Waals surface area contributed by atoms with Gasteiger partial charge in [0.2, 0.25) is 10.0 Å². The van der Waals surface area contributed by atoms with E-state index in [1.807, 2.05) is 36.1 Å². The van der Waals surface area contributed by atoms with Crippen molar-refractivity contribution in [3.63, 3.8) is 0 Å². The first-order valence-electron chi connectivity index (χ1n) is 7.14. The Kier molecular flexibility index (Phi) is 5.60. The summed E-state index contributed by atoms with van der Waals surface area (Å²) < 4.78 is 30.1. The van der Waals surface area contributed by atoms with Gasteiger partial charge in [-0.15, -0.1) is 0 Å². The summed E-state index contributed by atoms with van der Waals surface area (Å²) in [5, 5.41) is 3.77. The molecule has 1 heterocycles. The Morgan fingerprint density at radius 1 is 1.27 bits per heavy atom. The number of nitrogens with zero attached hydrogens (tertiary/aromatic N) is 2. The second kappa shape index (κ2) is 7.26. The van der Waals surface area contributed by atoms with Gasteiger partial charge in [-0.1, -0.05) is 12.1 Å². The van der Waals surface area contributed by atoms with Crippen molar-refractivity contribution in [2.45, 2.75) is 6.92 Å². The molecule has 0 amide bonds. The lowest BCUT2D eigenvalue weighted by Gasteiger charge is -2.35. The fourth-order valence-corrected chi connectivity index (χ4v) is 3.39. The van der Waals surface area contributed by atoms with Crippen LogP contribution in [0.5, 0.6) is 5.75 Å². The number of rotatable bonds is 4. The van der Waals surface area contributed by atoms with Gasteiger partial charge in [-0.3, -0.25) is 0 Å². The van der Waals surface area contributed by atoms with E-state index in [2.05, 4.69) is 5.32 Å². The van der Waals surface area contributed by atoms with Crippen molar-refractivity contribution in [3.05, 3.63) is 24.3 Å². The molecule has 22 heavy (non-hydrogen) atoms. The van der Waals surface area contributed by atoms with Crippen LogP contribution in [0, 0.1) is 0 Å². The largest absolute Gasteiger partial charge is 0.492 e. The molecule has 0 aromatic heterocycles. The minimum atomic E-state index is -3.12. The van der Waals surface area contributed by atoms with E-state index in [0.717, 1.165) is 11.4 Å². The molecule has 8 heteroatoms. The molecular formula is C14H21N3O3S2. The molecule has 2 rings (SSSR count). The Bertz CT molecular complexity index is 626. The highest BCUT2D eigenvalue weighted by Gasteiger charge is 2.24. The van der Waals surface area contributed by atoms with Gasteiger partial charge in [0.15, 0.2) is 5.11 Å². The highest BCUT2D eigenvalue weighted by molar-refractivity contribution is 7.88. The monoisotopic (exact) mass is 343 g/mol. The molecule has 1 saturated heterocycles. The molecule has 0 radical (unpaired) electrons. The van der Waals surface area contributed by atoms with Crippen molar-refractivity contribution in [1.82, 2.24) is 9.21 Å². The number of ether oxygens (including phenoxy) is 1. The molecule has 0 atom stereocenters. The van der Waals surface area contributed by atoms with Gasteiger partial charge in [0.25, 0.3) is 0 Å². The third kappa shape index (κ3) is 4.31. The Hall–Kier alpha value is -1.38. The van der Waals surface area contributed by atoms with Crippen LogP contribution in [0.25, 0.3) is 0 Å². The molecular weight excluding hydrogens is 322 g/mol. The maximum Gasteiger partial charge on any atom is 0.211 e. The summed E-state index contributed by atoms with van der Waals surface area (Å²) in [5.41, 5.74) is 0.819. The van der Waals surface area contributed by atoms with Gasteiger partial charge in [-0.2, -0.15) is 4.31 Å². The SMILES string of the molecule is CCOc1ccccc1NC(=S)N1CCN(S(C)(=O)=O)CC1. The van der Waals surface area contributed by atoms with E-state index in [4.69, 9.17) is 17.0 Å². The normalized spacial score (nSPS) is 16.4. The lowest BCUT2D eigenvalue weighted by atomic mass is 10.3. The van der Waals surface area contributed by atoms with Crippen LogP contribution in [0.4, 0.5) is 5.69 Å². The summed E-state index contributed by atoms with van der Waals surface area (Å²) >= 11 is 5.42. The standard InChI is InChI=1S/C14H21N3O3S2/c1-3-20-13-7-5-4-6-12(13)15-14(21)16-8-10-17(11-9-16)22(2,18)19/h4-7H,3,8-11H2,1-2H3,(H,15,21). The fourth-order valence-electron chi connectivity index (χ4n) is 2.27. The molecule has 1 aliphatic heterocycles. The molecule has 0 bridgehead atoms. The summed E-state index contributed by atoms with van der Waals surface area (Å²) in [4.78, 5) is 1.97. The van der Waals surface area contributed by atoms with Crippen LogP contribution in [-0.4, -0.2) is 61.8 Å². The zero-order valence-corrected chi connectivity index (χ0v) is 14.4. The molecule has 122 valence electrons. The topological polar surface area (TPSA) is 61.9 Å². The summed E-state index contributed by atoms with van der Waals surface area (Å²) in [5.74, 6) is 0.752. The highest BCUT2D eigenvalue weighted by Crippen LogP contribution is 2.24. The smallest absolute Gasteiger partial charge is 0.211 e. The number of para-hydroxylation sites is 2. The third-order valence-corrected chi connectivity index (χ3v) is 5.09. The number of sulfonamides is 1. The van der Waals surface area contributed by atoms with E-state index in [0.29, 0.717) is 37.9 Å². The Balaban J connectivity index is 1.97. The fraction of sp³-hybridized carbons (Fsp3) is 0.500. The van der Waals surface area contributed by atoms with Gasteiger partial charge in [0, 0.05) is 26.2 Å². The Labute approximate surface area is 137 Å². The number of benzene rings is 1. The lowest BCUT2D eigenvalue weighted by molar-refractivity contribution is 0.270. The number of hydrogen-bond donors (Lipinski definition) is 1. The van der Waals surface area contributed by atoms with Crippen molar-refractivity contribution in [2.24, 2.45) is 0 Å². The highest BCUT2D eigenvalue weighted by atomic mass is 32.2. The second-order valence-corrected chi connectivity index (χ2v) is 7.38. The molecule has 0 saturated carbocycles. The lowest BCUT2D eigenvalue weighted by Crippen LogP contribution is -2.51. The molecule has 1 aliphatic rings. The first kappa shape index (κ1) is 17.0. The van der Waals surface area contributed by atoms with Gasteiger partial charge < -0.3 is 15.0 Å². The van der Waals surface area contributed by atoms with Crippen molar-refractivity contribution in [1.29, 1.82) is 0 Å². The minimum Gasteiger partial charge on any atom is -0.492 e. The van der Waals surface area contributed by atoms with E-state index in [1.165, 1.54) is 10.6 Å². The second-order valence-electron chi connectivity index (χ2n) is 5.01. The third-order valence-electron chi connectivity index (χ3n) is 3.42. The molecule has 0 spiro atoms. The molecule has 1 aromatic rings. The summed E-state index contributed by atoms with van der Waals surface area (Å²) in [6, 6.07) is 7.61. The average Bonchev–Trinajstić information content (AvgIpc) is 2.49. The Morgan fingerprint density at radius 2 is 1.91 bits per heavy atom. The summed E-state index contributed by atoms with van der Waals surface area (Å²) in [6.45, 7) is 4.57. The molecule has 1 fully saturated rings. The van der Waals surface area contributed by atoms with E-state index >= 15 is 0 Å². The van der Waals surface area contributed by atoms with Crippen LogP contribution in [0.3, 0.4) is 0 Å². The van der Waals surface area contributed by atoms with Gasteiger partial charge in [0.05, 0.1) is 18.6 Å². The van der Waals surface area contributed by atoms with Gasteiger partial charge in [-0.25, -0.2) is 8.42 Å². The Morgan fingerprint density at radius 3 is 2.50 bits per heavy atom. The molecule has 0 aliphatic carbocycles. The number of piperazine rings is 1. The van der Waals surface area contributed by atoms with E-state index in [1.54, 1.807) is 0 Å². The quantitative estimate of drug-likeness (QED) is 0.833. The molecule has 1 aromatic carbocycles. The van der Waals surface area contributed by atoms with Gasteiger partial charge in [0.1, 0.15) is 5.75 Å². The summed E-state index contributed by atoms with van der Waals surface area (Å²) in [7, 11) is -3.12. The van der Waals surface area contributed by atoms with Gasteiger partial charge in [-0.05, 0) is 31.3 Å². The van der Waals surface area contributed by atoms with Crippen LogP contribution in [0.2, 0.25) is 0 Å². The number of nitrogens with one attached hydrogen (secondary N) is 1. The zero-order chi connectivity index (χ0) is 16.2. The maximum atomic E-state index is 11.5. The van der Waals surface area contributed by atoms with Crippen molar-refractivity contribution in [3.8, 4) is 5.75 Å². The number of anilines is 1. The van der Waals surface area contributed by atoms with E-state index < -0.39 is 10.0 Å². The van der Waals surface area contributed by atoms with Crippen LogP contribution >= 0.6 is 12.2 Å². The minimum absolute atomic E-state index is 0.452. The van der Waals surface area contributed by atoms with E-state index in [-0.39, 0.29) is 0 Å². The van der Waals surface area contributed by atoms with E-state index in [9.17, 15) is 8.42 Å². The molecule has 0 unspecified atom stereocenters. The van der Waals surface area contributed by atoms with Crippen LogP contribution < -0.4 is 10.1 Å². The maximum absolute atomic E-state index is 11.5. The first-order valence-corrected chi connectivity index (χ1v) is 9.40. The van der Waals surface area contributed by atoms with Crippen molar-refractivity contribution < 1.29 is 13.2 Å². The zero-order valence-electron chi connectivity index (χ0n) is 12.8. The summed E-state index contributed by atoms with van der Waals surface area (Å²) in [6.07, 6.45) is 1.23. The van der Waals surface area contributed by atoms with Crippen LogP contribution in [-0.2, 0) is 10.0 Å². The predicted molar refractivity (Wildman–Crippen MR) is 91.8 cm³/mol.